The Morgan fingerprint density at radius 3 is 3.20 bits per heavy atom. The van der Waals surface area contributed by atoms with Gasteiger partial charge in [0.2, 0.25) is 0 Å². The smallest absolute Gasteiger partial charge is 0.334 e. The Bertz CT molecular complexity index is 209. The normalized spacial score (nSPS) is 9.20. The molecule has 0 fully saturated rings. The predicted octanol–water partition coefficient (Wildman–Crippen LogP) is 0.326. The van der Waals surface area contributed by atoms with Crippen LogP contribution in [0.25, 0.3) is 0 Å². The Labute approximate surface area is 62.2 Å². The van der Waals surface area contributed by atoms with Crippen LogP contribution >= 0.6 is 11.5 Å². The molecule has 0 unspecified atom stereocenters. The monoisotopic (exact) mass is 156 g/mol. The van der Waals surface area contributed by atoms with Gasteiger partial charge in [-0.1, -0.05) is 0 Å². The van der Waals surface area contributed by atoms with Crippen molar-refractivity contribution in [2.24, 2.45) is 5.73 Å². The third-order valence-electron chi connectivity index (χ3n) is 0.888. The van der Waals surface area contributed by atoms with Gasteiger partial charge in [-0.25, -0.2) is 10.1 Å². The van der Waals surface area contributed by atoms with E-state index in [9.17, 15) is 4.79 Å². The van der Waals surface area contributed by atoms with Gasteiger partial charge in [-0.3, -0.25) is 0 Å². The summed E-state index contributed by atoms with van der Waals surface area (Å²) in [6.45, 7) is 0.291. The quantitative estimate of drug-likeness (QED) is 0.670. The first-order chi connectivity index (χ1) is 4.79. The zero-order chi connectivity index (χ0) is 7.40. The maximum atomic E-state index is 10.1. The van der Waals surface area contributed by atoms with E-state index in [-0.39, 0.29) is 0 Å². The highest BCUT2D eigenvalue weighted by atomic mass is 32.1. The lowest BCUT2D eigenvalue weighted by molar-refractivity contribution is 0.247. The fourth-order valence-electron chi connectivity index (χ4n) is 0.478. The number of carbonyl (C=O) groups is 1. The van der Waals surface area contributed by atoms with Gasteiger partial charge in [-0.05, 0) is 17.6 Å². The Kier molecular flexibility index (Phi) is 2.22. The first-order valence-corrected chi connectivity index (χ1v) is 3.49. The Morgan fingerprint density at radius 2 is 2.70 bits per heavy atom. The summed E-state index contributed by atoms with van der Waals surface area (Å²) < 4.78 is 3.93. The molecule has 1 aromatic rings. The van der Waals surface area contributed by atoms with Gasteiger partial charge in [0.25, 0.3) is 0 Å². The fourth-order valence-corrected chi connectivity index (χ4v) is 1.01. The van der Waals surface area contributed by atoms with Gasteiger partial charge in [-0.15, -0.1) is 0 Å². The molecule has 0 aromatic carbocycles. The first kappa shape index (κ1) is 7.01. The van der Waals surface area contributed by atoms with Gasteiger partial charge in [-0.2, -0.15) is 4.37 Å². The molecule has 0 atom stereocenters. The third-order valence-corrected chi connectivity index (χ3v) is 1.49. The van der Waals surface area contributed by atoms with E-state index in [1.807, 2.05) is 5.38 Å². The van der Waals surface area contributed by atoms with Crippen LogP contribution in [0.1, 0.15) is 5.69 Å². The van der Waals surface area contributed by atoms with Crippen molar-refractivity contribution in [2.45, 2.75) is 6.54 Å². The molecular formula is C5H6N3OS. The molecule has 5 heteroatoms. The van der Waals surface area contributed by atoms with E-state index in [4.69, 9.17) is 5.73 Å². The van der Waals surface area contributed by atoms with Crippen LogP contribution < -0.4 is 11.1 Å². The summed E-state index contributed by atoms with van der Waals surface area (Å²) in [5.74, 6) is 0. The molecular weight excluding hydrogens is 150 g/mol. The SMILES string of the molecule is NC(=O)[N]Cc1ccsn1. The molecule has 1 radical (unpaired) electrons. The summed E-state index contributed by atoms with van der Waals surface area (Å²) in [7, 11) is 0. The third kappa shape index (κ3) is 2.02. The van der Waals surface area contributed by atoms with Gasteiger partial charge < -0.3 is 5.73 Å². The average Bonchev–Trinajstić information content (AvgIpc) is 2.34. The number of rotatable bonds is 2. The van der Waals surface area contributed by atoms with Gasteiger partial charge in [0.15, 0.2) is 0 Å². The second kappa shape index (κ2) is 3.17. The Hall–Kier alpha value is -1.10. The van der Waals surface area contributed by atoms with Crippen molar-refractivity contribution in [1.29, 1.82) is 0 Å². The molecule has 1 heterocycles. The predicted molar refractivity (Wildman–Crippen MR) is 37.5 cm³/mol. The Morgan fingerprint density at radius 1 is 1.90 bits per heavy atom. The number of urea groups is 1. The van der Waals surface area contributed by atoms with Crippen LogP contribution in [0.5, 0.6) is 0 Å². The van der Waals surface area contributed by atoms with Crippen molar-refractivity contribution < 1.29 is 4.79 Å². The molecule has 0 saturated carbocycles. The van der Waals surface area contributed by atoms with E-state index in [1.54, 1.807) is 6.07 Å². The molecule has 1 rings (SSSR count). The number of primary amides is 1. The maximum Gasteiger partial charge on any atom is 0.334 e. The summed E-state index contributed by atoms with van der Waals surface area (Å²) >= 11 is 1.33. The van der Waals surface area contributed by atoms with E-state index in [0.29, 0.717) is 6.54 Å². The second-order valence-electron chi connectivity index (χ2n) is 1.65. The van der Waals surface area contributed by atoms with Gasteiger partial charge >= 0.3 is 6.03 Å². The molecule has 2 amide bonds. The molecule has 0 spiro atoms. The van der Waals surface area contributed by atoms with Crippen LogP contribution in [-0.4, -0.2) is 10.4 Å². The van der Waals surface area contributed by atoms with Crippen LogP contribution in [0.3, 0.4) is 0 Å². The number of amides is 2. The van der Waals surface area contributed by atoms with E-state index in [1.165, 1.54) is 11.5 Å². The summed E-state index contributed by atoms with van der Waals surface area (Å²) in [6, 6.07) is 1.16. The largest absolute Gasteiger partial charge is 0.350 e. The molecule has 2 N–H and O–H groups in total. The average molecular weight is 156 g/mol. The van der Waals surface area contributed by atoms with Gasteiger partial charge in [0, 0.05) is 5.38 Å². The Balaban J connectivity index is 2.35. The molecule has 0 saturated heterocycles. The highest BCUT2D eigenvalue weighted by molar-refractivity contribution is 7.03. The number of hydrogen-bond donors (Lipinski definition) is 1. The lowest BCUT2D eigenvalue weighted by Crippen LogP contribution is -2.21. The standard InChI is InChI=1S/C5H6N3OS/c6-5(9)7-3-4-1-2-10-8-4/h1-2H,3H2,(H2,6,9). The number of hydrogen-bond acceptors (Lipinski definition) is 3. The zero-order valence-corrected chi connectivity index (χ0v) is 5.97. The summed E-state index contributed by atoms with van der Waals surface area (Å²) in [6.07, 6.45) is 0. The van der Waals surface area contributed by atoms with E-state index in [0.717, 1.165) is 5.69 Å². The molecule has 10 heavy (non-hydrogen) atoms. The minimum absolute atomic E-state index is 0.291. The minimum Gasteiger partial charge on any atom is -0.350 e. The zero-order valence-electron chi connectivity index (χ0n) is 5.15. The van der Waals surface area contributed by atoms with Crippen LogP contribution in [0.15, 0.2) is 11.4 Å². The number of nitrogens with zero attached hydrogens (tertiary/aromatic N) is 2. The van der Waals surface area contributed by atoms with Gasteiger partial charge in [0.1, 0.15) is 0 Å². The van der Waals surface area contributed by atoms with E-state index >= 15 is 0 Å². The number of nitrogens with two attached hydrogens (primary N) is 1. The summed E-state index contributed by atoms with van der Waals surface area (Å²) in [4.78, 5) is 10.1. The van der Waals surface area contributed by atoms with Crippen molar-refractivity contribution in [2.75, 3.05) is 0 Å². The van der Waals surface area contributed by atoms with Crippen LogP contribution in [-0.2, 0) is 6.54 Å². The molecule has 4 nitrogen and oxygen atoms in total. The minimum atomic E-state index is -0.645. The van der Waals surface area contributed by atoms with Crippen LogP contribution in [0.2, 0.25) is 0 Å². The summed E-state index contributed by atoms with van der Waals surface area (Å²) in [5.41, 5.74) is 5.56. The van der Waals surface area contributed by atoms with Crippen molar-refractivity contribution in [3.8, 4) is 0 Å². The highest BCUT2D eigenvalue weighted by Crippen LogP contribution is 1.98. The summed E-state index contributed by atoms with van der Waals surface area (Å²) in [5, 5.41) is 5.28. The van der Waals surface area contributed by atoms with Crippen molar-refractivity contribution in [1.82, 2.24) is 9.69 Å². The molecule has 0 aliphatic rings. The van der Waals surface area contributed by atoms with Crippen molar-refractivity contribution >= 4 is 17.6 Å². The highest BCUT2D eigenvalue weighted by Gasteiger charge is 1.97. The van der Waals surface area contributed by atoms with E-state index < -0.39 is 6.03 Å². The van der Waals surface area contributed by atoms with E-state index in [2.05, 4.69) is 9.69 Å². The van der Waals surface area contributed by atoms with Crippen LogP contribution in [0, 0.1) is 0 Å². The topological polar surface area (TPSA) is 70.1 Å². The fraction of sp³-hybridized carbons (Fsp3) is 0.200. The second-order valence-corrected chi connectivity index (χ2v) is 2.31. The first-order valence-electron chi connectivity index (χ1n) is 2.65. The number of carbonyl (C=O) groups excluding carboxylic acids is 1. The van der Waals surface area contributed by atoms with Gasteiger partial charge in [0.05, 0.1) is 12.2 Å². The van der Waals surface area contributed by atoms with Crippen molar-refractivity contribution in [3.63, 3.8) is 0 Å². The van der Waals surface area contributed by atoms with Crippen molar-refractivity contribution in [3.05, 3.63) is 17.1 Å². The molecule has 0 aliphatic carbocycles. The lowest BCUT2D eigenvalue weighted by atomic mass is 10.4. The number of aromatic nitrogens is 1. The molecule has 1 aromatic heterocycles. The molecule has 0 bridgehead atoms. The molecule has 0 aliphatic heterocycles. The lowest BCUT2D eigenvalue weighted by Gasteiger charge is -1.91. The molecule has 53 valence electrons. The maximum absolute atomic E-state index is 10.1. The van der Waals surface area contributed by atoms with Crippen LogP contribution in [0.4, 0.5) is 4.79 Å².